The fourth-order valence-electron chi connectivity index (χ4n) is 1.29. The molecular formula is C11H11FN2S. The average molecular weight is 222 g/mol. The van der Waals surface area contributed by atoms with Crippen LogP contribution < -0.4 is 5.32 Å². The molecular weight excluding hydrogens is 211 g/mol. The molecule has 0 spiro atoms. The summed E-state index contributed by atoms with van der Waals surface area (Å²) in [6, 6.07) is 6.68. The van der Waals surface area contributed by atoms with Crippen molar-refractivity contribution in [3.05, 3.63) is 46.7 Å². The molecule has 15 heavy (non-hydrogen) atoms. The highest BCUT2D eigenvalue weighted by atomic mass is 32.1. The molecule has 0 unspecified atom stereocenters. The summed E-state index contributed by atoms with van der Waals surface area (Å²) in [5.41, 5.74) is 0.550. The molecule has 1 aromatic heterocycles. The van der Waals surface area contributed by atoms with E-state index < -0.39 is 0 Å². The molecule has 1 N–H and O–H groups in total. The number of thiazole rings is 1. The van der Waals surface area contributed by atoms with Crippen molar-refractivity contribution in [2.24, 2.45) is 0 Å². The van der Waals surface area contributed by atoms with Crippen molar-refractivity contribution >= 4 is 17.0 Å². The molecule has 1 aromatic carbocycles. The van der Waals surface area contributed by atoms with Crippen LogP contribution in [0.5, 0.6) is 0 Å². The number of nitrogens with one attached hydrogen (secondary N) is 1. The van der Waals surface area contributed by atoms with Crippen LogP contribution in [-0.4, -0.2) is 11.5 Å². The van der Waals surface area contributed by atoms with E-state index in [1.165, 1.54) is 6.07 Å². The third-order valence-electron chi connectivity index (χ3n) is 2.01. The zero-order valence-corrected chi connectivity index (χ0v) is 8.93. The summed E-state index contributed by atoms with van der Waals surface area (Å²) in [4.78, 5) is 4.15. The average Bonchev–Trinajstić information content (AvgIpc) is 2.74. The first-order valence-electron chi connectivity index (χ1n) is 4.73. The molecule has 0 radical (unpaired) electrons. The summed E-state index contributed by atoms with van der Waals surface area (Å²) < 4.78 is 13.2. The second kappa shape index (κ2) is 4.89. The summed E-state index contributed by atoms with van der Waals surface area (Å²) in [6.07, 6.45) is 2.61. The molecule has 4 heteroatoms. The summed E-state index contributed by atoms with van der Waals surface area (Å²) in [5, 5.41) is 6.05. The lowest BCUT2D eigenvalue weighted by atomic mass is 10.3. The van der Waals surface area contributed by atoms with Gasteiger partial charge in [0.05, 0.1) is 10.7 Å². The number of hydrogen-bond acceptors (Lipinski definition) is 3. The van der Waals surface area contributed by atoms with Crippen LogP contribution in [0.4, 0.5) is 10.1 Å². The molecule has 1 heterocycles. The van der Waals surface area contributed by atoms with E-state index in [2.05, 4.69) is 10.3 Å². The fraction of sp³-hybridized carbons (Fsp3) is 0.182. The Morgan fingerprint density at radius 3 is 2.93 bits per heavy atom. The van der Waals surface area contributed by atoms with Gasteiger partial charge in [-0.1, -0.05) is 12.1 Å². The molecule has 0 aliphatic rings. The maximum atomic E-state index is 13.2. The minimum atomic E-state index is -0.211. The van der Waals surface area contributed by atoms with Crippen molar-refractivity contribution in [1.29, 1.82) is 0 Å². The predicted octanol–water partition coefficient (Wildman–Crippen LogP) is 2.94. The van der Waals surface area contributed by atoms with E-state index in [1.54, 1.807) is 29.7 Å². The minimum Gasteiger partial charge on any atom is -0.382 e. The maximum Gasteiger partial charge on any atom is 0.146 e. The molecule has 0 atom stereocenters. The van der Waals surface area contributed by atoms with Crippen LogP contribution >= 0.6 is 11.3 Å². The number of anilines is 1. The van der Waals surface area contributed by atoms with Gasteiger partial charge >= 0.3 is 0 Å². The van der Waals surface area contributed by atoms with Gasteiger partial charge in [-0.25, -0.2) is 9.37 Å². The fourth-order valence-corrected chi connectivity index (χ4v) is 1.91. The van der Waals surface area contributed by atoms with Crippen molar-refractivity contribution in [2.45, 2.75) is 6.42 Å². The molecule has 2 rings (SSSR count). The Bertz CT molecular complexity index is 414. The van der Waals surface area contributed by atoms with Gasteiger partial charge in [0.25, 0.3) is 0 Å². The van der Waals surface area contributed by atoms with Crippen LogP contribution in [0.1, 0.15) is 5.01 Å². The molecule has 0 aliphatic heterocycles. The smallest absolute Gasteiger partial charge is 0.146 e. The molecule has 0 saturated heterocycles. The first-order chi connectivity index (χ1) is 7.36. The van der Waals surface area contributed by atoms with E-state index in [1.807, 2.05) is 11.4 Å². The van der Waals surface area contributed by atoms with Gasteiger partial charge in [-0.05, 0) is 12.1 Å². The SMILES string of the molecule is Fc1ccccc1NCCc1nccs1. The molecule has 0 aliphatic carbocycles. The number of aromatic nitrogens is 1. The third kappa shape index (κ3) is 2.76. The van der Waals surface area contributed by atoms with Gasteiger partial charge in [0.2, 0.25) is 0 Å². The third-order valence-corrected chi connectivity index (χ3v) is 2.85. The van der Waals surface area contributed by atoms with Crippen molar-refractivity contribution in [3.63, 3.8) is 0 Å². The number of hydrogen-bond donors (Lipinski definition) is 1. The van der Waals surface area contributed by atoms with Gasteiger partial charge in [0, 0.05) is 24.5 Å². The summed E-state index contributed by atoms with van der Waals surface area (Å²) in [6.45, 7) is 0.703. The number of rotatable bonds is 4. The highest BCUT2D eigenvalue weighted by Crippen LogP contribution is 2.12. The van der Waals surface area contributed by atoms with Crippen LogP contribution in [0.15, 0.2) is 35.8 Å². The van der Waals surface area contributed by atoms with Crippen molar-refractivity contribution in [3.8, 4) is 0 Å². The summed E-state index contributed by atoms with van der Waals surface area (Å²) in [7, 11) is 0. The van der Waals surface area contributed by atoms with Crippen LogP contribution in [0.3, 0.4) is 0 Å². The number of benzene rings is 1. The zero-order chi connectivity index (χ0) is 10.5. The van der Waals surface area contributed by atoms with Crippen molar-refractivity contribution in [1.82, 2.24) is 4.98 Å². The minimum absolute atomic E-state index is 0.211. The Morgan fingerprint density at radius 2 is 2.20 bits per heavy atom. The van der Waals surface area contributed by atoms with E-state index in [9.17, 15) is 4.39 Å². The molecule has 78 valence electrons. The first kappa shape index (κ1) is 10.1. The van der Waals surface area contributed by atoms with E-state index in [4.69, 9.17) is 0 Å². The van der Waals surface area contributed by atoms with E-state index in [-0.39, 0.29) is 5.82 Å². The number of nitrogens with zero attached hydrogens (tertiary/aromatic N) is 1. The Labute approximate surface area is 91.8 Å². The second-order valence-electron chi connectivity index (χ2n) is 3.08. The summed E-state index contributed by atoms with van der Waals surface area (Å²) in [5.74, 6) is -0.211. The molecule has 2 nitrogen and oxygen atoms in total. The van der Waals surface area contributed by atoms with Gasteiger partial charge < -0.3 is 5.32 Å². The second-order valence-corrected chi connectivity index (χ2v) is 4.06. The largest absolute Gasteiger partial charge is 0.382 e. The van der Waals surface area contributed by atoms with E-state index in [0.29, 0.717) is 12.2 Å². The van der Waals surface area contributed by atoms with Gasteiger partial charge in [-0.2, -0.15) is 0 Å². The zero-order valence-electron chi connectivity index (χ0n) is 8.11. The lowest BCUT2D eigenvalue weighted by Gasteiger charge is -2.05. The Balaban J connectivity index is 1.86. The first-order valence-corrected chi connectivity index (χ1v) is 5.61. The molecule has 0 fully saturated rings. The van der Waals surface area contributed by atoms with Crippen LogP contribution in [-0.2, 0) is 6.42 Å². The van der Waals surface area contributed by atoms with Gasteiger partial charge in [-0.15, -0.1) is 11.3 Å². The van der Waals surface area contributed by atoms with Crippen molar-refractivity contribution < 1.29 is 4.39 Å². The normalized spacial score (nSPS) is 10.2. The predicted molar refractivity (Wildman–Crippen MR) is 60.7 cm³/mol. The number of halogens is 1. The molecule has 2 aromatic rings. The lowest BCUT2D eigenvalue weighted by molar-refractivity contribution is 0.630. The van der Waals surface area contributed by atoms with Crippen LogP contribution in [0.25, 0.3) is 0 Å². The van der Waals surface area contributed by atoms with E-state index in [0.717, 1.165) is 11.4 Å². The molecule has 0 saturated carbocycles. The topological polar surface area (TPSA) is 24.9 Å². The van der Waals surface area contributed by atoms with Gasteiger partial charge in [-0.3, -0.25) is 0 Å². The highest BCUT2D eigenvalue weighted by Gasteiger charge is 1.99. The highest BCUT2D eigenvalue weighted by molar-refractivity contribution is 7.09. The molecule has 0 amide bonds. The monoisotopic (exact) mass is 222 g/mol. The maximum absolute atomic E-state index is 13.2. The van der Waals surface area contributed by atoms with Crippen LogP contribution in [0, 0.1) is 5.82 Å². The molecule has 0 bridgehead atoms. The van der Waals surface area contributed by atoms with Crippen LogP contribution in [0.2, 0.25) is 0 Å². The lowest BCUT2D eigenvalue weighted by Crippen LogP contribution is -2.05. The van der Waals surface area contributed by atoms with E-state index >= 15 is 0 Å². The van der Waals surface area contributed by atoms with Gasteiger partial charge in [0.1, 0.15) is 5.82 Å². The summed E-state index contributed by atoms with van der Waals surface area (Å²) >= 11 is 1.62. The Morgan fingerprint density at radius 1 is 1.33 bits per heavy atom. The Kier molecular flexibility index (Phi) is 3.29. The quantitative estimate of drug-likeness (QED) is 0.860. The van der Waals surface area contributed by atoms with Gasteiger partial charge in [0.15, 0.2) is 0 Å². The number of para-hydroxylation sites is 1. The van der Waals surface area contributed by atoms with Crippen molar-refractivity contribution in [2.75, 3.05) is 11.9 Å². The Hall–Kier alpha value is -1.42. The standard InChI is InChI=1S/C11H11FN2S/c12-9-3-1-2-4-10(9)13-6-5-11-14-7-8-15-11/h1-4,7-8,13H,5-6H2.